The minimum absolute atomic E-state index is 0.118. The second kappa shape index (κ2) is 4.62. The van der Waals surface area contributed by atoms with Gasteiger partial charge in [-0.2, -0.15) is 0 Å². The molecule has 0 spiro atoms. The summed E-state index contributed by atoms with van der Waals surface area (Å²) in [6.07, 6.45) is 6.77. The largest absolute Gasteiger partial charge is 0.368 e. The van der Waals surface area contributed by atoms with E-state index in [2.05, 4.69) is 5.10 Å². The summed E-state index contributed by atoms with van der Waals surface area (Å²) >= 11 is 0. The molecule has 0 saturated heterocycles. The highest BCUT2D eigenvalue weighted by Gasteiger charge is 2.21. The van der Waals surface area contributed by atoms with Gasteiger partial charge in [0.25, 0.3) is 6.08 Å². The minimum atomic E-state index is -0.171. The summed E-state index contributed by atoms with van der Waals surface area (Å²) in [5.74, 6) is -0.171. The zero-order valence-corrected chi connectivity index (χ0v) is 7.49. The fourth-order valence-electron chi connectivity index (χ4n) is 1.70. The zero-order valence-electron chi connectivity index (χ0n) is 7.49. The molecule has 3 N–H and O–H groups in total. The average Bonchev–Trinajstić information content (AvgIpc) is 2.15. The Kier molecular flexibility index (Phi) is 3.46. The van der Waals surface area contributed by atoms with E-state index in [0.29, 0.717) is 0 Å². The number of hydrogen-bond donors (Lipinski definition) is 2. The van der Waals surface area contributed by atoms with Crippen LogP contribution in [0.5, 0.6) is 0 Å². The molecule has 0 radical (unpaired) electrons. The van der Waals surface area contributed by atoms with Crippen molar-refractivity contribution in [3.63, 3.8) is 0 Å². The average molecular weight is 182 g/mol. The second-order valence-corrected chi connectivity index (χ2v) is 3.21. The van der Waals surface area contributed by atoms with Crippen molar-refractivity contribution in [1.82, 2.24) is 5.01 Å². The predicted octanol–water partition coefficient (Wildman–Crippen LogP) is 0.765. The second-order valence-electron chi connectivity index (χ2n) is 3.21. The number of isocyanates is 1. The van der Waals surface area contributed by atoms with Gasteiger partial charge in [0, 0.05) is 0 Å². The lowest BCUT2D eigenvalue weighted by Gasteiger charge is -2.28. The summed E-state index contributed by atoms with van der Waals surface area (Å²) in [5.41, 5.74) is 5.29. The molecule has 1 aliphatic carbocycles. The van der Waals surface area contributed by atoms with E-state index in [0.717, 1.165) is 25.7 Å². The number of nitrogens with one attached hydrogen (secondary N) is 1. The molecule has 0 aromatic heterocycles. The van der Waals surface area contributed by atoms with Crippen LogP contribution in [0.3, 0.4) is 0 Å². The zero-order chi connectivity index (χ0) is 9.68. The first-order valence-electron chi connectivity index (χ1n) is 4.46. The number of nitrogens with zero attached hydrogens (tertiary/aromatic N) is 2. The van der Waals surface area contributed by atoms with E-state index in [1.165, 1.54) is 17.5 Å². The summed E-state index contributed by atoms with van der Waals surface area (Å²) in [4.78, 5) is 10.1. The third-order valence-corrected chi connectivity index (χ3v) is 2.32. The Labute approximate surface area is 77.1 Å². The van der Waals surface area contributed by atoms with Gasteiger partial charge in [-0.05, 0) is 12.8 Å². The summed E-state index contributed by atoms with van der Waals surface area (Å²) in [7, 11) is 0. The van der Waals surface area contributed by atoms with Gasteiger partial charge >= 0.3 is 0 Å². The first-order valence-corrected chi connectivity index (χ1v) is 4.46. The van der Waals surface area contributed by atoms with Crippen molar-refractivity contribution >= 4 is 12.0 Å². The molecule has 1 fully saturated rings. The Morgan fingerprint density at radius 1 is 1.46 bits per heavy atom. The van der Waals surface area contributed by atoms with Crippen LogP contribution in [0, 0.1) is 5.41 Å². The summed E-state index contributed by atoms with van der Waals surface area (Å²) in [6, 6.07) is 0.118. The maximum absolute atomic E-state index is 10.1. The van der Waals surface area contributed by atoms with Crippen LogP contribution in [0.2, 0.25) is 0 Å². The van der Waals surface area contributed by atoms with Crippen LogP contribution in [-0.2, 0) is 4.79 Å². The molecule has 0 aromatic rings. The van der Waals surface area contributed by atoms with Crippen molar-refractivity contribution < 1.29 is 4.79 Å². The van der Waals surface area contributed by atoms with Crippen LogP contribution >= 0.6 is 0 Å². The maximum atomic E-state index is 10.1. The van der Waals surface area contributed by atoms with Gasteiger partial charge in [0.05, 0.1) is 6.04 Å². The number of rotatable bonds is 2. The molecule has 5 nitrogen and oxygen atoms in total. The lowest BCUT2D eigenvalue weighted by atomic mass is 9.95. The molecular formula is C8H14N4O. The number of carbonyl (C=O) groups excluding carboxylic acids is 1. The molecule has 0 amide bonds. The van der Waals surface area contributed by atoms with Gasteiger partial charge < -0.3 is 5.73 Å². The molecular weight excluding hydrogens is 168 g/mol. The molecule has 1 saturated carbocycles. The van der Waals surface area contributed by atoms with E-state index in [4.69, 9.17) is 11.1 Å². The normalized spacial score (nSPS) is 17.5. The fourth-order valence-corrected chi connectivity index (χ4v) is 1.70. The summed E-state index contributed by atoms with van der Waals surface area (Å²) in [6.45, 7) is 0. The Morgan fingerprint density at radius 2 is 2.08 bits per heavy atom. The van der Waals surface area contributed by atoms with E-state index >= 15 is 0 Å². The summed E-state index contributed by atoms with van der Waals surface area (Å²) < 4.78 is 0. The number of guanidine groups is 1. The van der Waals surface area contributed by atoms with Gasteiger partial charge in [-0.25, -0.2) is 9.80 Å². The third kappa shape index (κ3) is 2.56. The van der Waals surface area contributed by atoms with E-state index in [-0.39, 0.29) is 12.0 Å². The lowest BCUT2D eigenvalue weighted by molar-refractivity contribution is 0.247. The predicted molar refractivity (Wildman–Crippen MR) is 48.7 cm³/mol. The standard InChI is InChI=1S/C8H14N4O/c9-8(10)12(11-6-13)7-4-2-1-3-5-7/h7H,1-5H2,(H3,9,10). The molecule has 0 atom stereocenters. The highest BCUT2D eigenvalue weighted by Crippen LogP contribution is 2.22. The topological polar surface area (TPSA) is 82.5 Å². The maximum Gasteiger partial charge on any atom is 0.258 e. The van der Waals surface area contributed by atoms with Crippen molar-refractivity contribution in [1.29, 1.82) is 5.41 Å². The van der Waals surface area contributed by atoms with Crippen molar-refractivity contribution in [3.8, 4) is 0 Å². The van der Waals surface area contributed by atoms with Crippen molar-refractivity contribution in [2.24, 2.45) is 10.8 Å². The van der Waals surface area contributed by atoms with E-state index in [1.807, 2.05) is 0 Å². The van der Waals surface area contributed by atoms with Gasteiger partial charge in [-0.3, -0.25) is 5.41 Å². The van der Waals surface area contributed by atoms with Crippen LogP contribution < -0.4 is 5.73 Å². The quantitative estimate of drug-likeness (QED) is 0.286. The van der Waals surface area contributed by atoms with Gasteiger partial charge in [-0.15, -0.1) is 0 Å². The fraction of sp³-hybridized carbons (Fsp3) is 0.750. The molecule has 0 bridgehead atoms. The Bertz CT molecular complexity index is 226. The van der Waals surface area contributed by atoms with Crippen LogP contribution in [-0.4, -0.2) is 23.1 Å². The minimum Gasteiger partial charge on any atom is -0.368 e. The lowest BCUT2D eigenvalue weighted by Crippen LogP contribution is -2.41. The molecule has 13 heavy (non-hydrogen) atoms. The molecule has 1 aliphatic rings. The van der Waals surface area contributed by atoms with E-state index < -0.39 is 0 Å². The van der Waals surface area contributed by atoms with Gasteiger partial charge in [0.15, 0.2) is 0 Å². The van der Waals surface area contributed by atoms with Crippen molar-refractivity contribution in [2.45, 2.75) is 38.1 Å². The van der Waals surface area contributed by atoms with Crippen molar-refractivity contribution in [3.05, 3.63) is 0 Å². The Hall–Kier alpha value is -1.35. The number of hydrazone groups is 1. The number of nitrogens with two attached hydrogens (primary N) is 1. The SMILES string of the molecule is N=C(N)N(N=C=O)C1CCCCC1. The van der Waals surface area contributed by atoms with E-state index in [1.54, 1.807) is 0 Å². The first kappa shape index (κ1) is 9.74. The molecule has 0 aromatic carbocycles. The molecule has 0 aliphatic heterocycles. The highest BCUT2D eigenvalue weighted by atomic mass is 16.1. The monoisotopic (exact) mass is 182 g/mol. The van der Waals surface area contributed by atoms with E-state index in [9.17, 15) is 4.79 Å². The molecule has 5 heteroatoms. The van der Waals surface area contributed by atoms with Crippen LogP contribution in [0.25, 0.3) is 0 Å². The molecule has 72 valence electrons. The molecule has 0 heterocycles. The van der Waals surface area contributed by atoms with Gasteiger partial charge in [0.2, 0.25) is 5.96 Å². The van der Waals surface area contributed by atoms with Crippen LogP contribution in [0.4, 0.5) is 0 Å². The smallest absolute Gasteiger partial charge is 0.258 e. The highest BCUT2D eigenvalue weighted by molar-refractivity contribution is 5.75. The molecule has 1 rings (SSSR count). The summed E-state index contributed by atoms with van der Waals surface area (Å²) in [5, 5.41) is 11.9. The van der Waals surface area contributed by atoms with Crippen LogP contribution in [0.1, 0.15) is 32.1 Å². The third-order valence-electron chi connectivity index (χ3n) is 2.32. The Morgan fingerprint density at radius 3 is 2.54 bits per heavy atom. The van der Waals surface area contributed by atoms with Crippen molar-refractivity contribution in [2.75, 3.05) is 0 Å². The first-order chi connectivity index (χ1) is 6.25. The van der Waals surface area contributed by atoms with Gasteiger partial charge in [-0.1, -0.05) is 24.4 Å². The Balaban J connectivity index is 2.62. The van der Waals surface area contributed by atoms with Crippen LogP contribution in [0.15, 0.2) is 5.10 Å². The number of hydrogen-bond acceptors (Lipinski definition) is 3. The molecule has 0 unspecified atom stereocenters. The van der Waals surface area contributed by atoms with Gasteiger partial charge in [0.1, 0.15) is 0 Å².